The fraction of sp³-hybridized carbons (Fsp3) is 0.583. The number of aromatic amines is 1. The van der Waals surface area contributed by atoms with Crippen LogP contribution in [0, 0.1) is 5.92 Å². The number of aromatic nitrogens is 4. The number of nitrogens with two attached hydrogens (primary N) is 1. The average Bonchev–Trinajstić information content (AvgIpc) is 2.82. The second-order valence-corrected chi connectivity index (χ2v) is 4.87. The summed E-state index contributed by atoms with van der Waals surface area (Å²) in [6.45, 7) is 2.28. The predicted molar refractivity (Wildman–Crippen MR) is 70.0 cm³/mol. The molecule has 1 saturated heterocycles. The van der Waals surface area contributed by atoms with Gasteiger partial charge in [-0.1, -0.05) is 0 Å². The summed E-state index contributed by atoms with van der Waals surface area (Å²) < 4.78 is 0. The Balaban J connectivity index is 1.69. The van der Waals surface area contributed by atoms with E-state index >= 15 is 0 Å². The summed E-state index contributed by atoms with van der Waals surface area (Å²) in [5.41, 5.74) is 7.21. The van der Waals surface area contributed by atoms with E-state index in [4.69, 9.17) is 5.73 Å². The number of rotatable bonds is 3. The number of hydrogen-bond donors (Lipinski definition) is 3. The monoisotopic (exact) mass is 246 g/mol. The smallest absolute Gasteiger partial charge is 0.183 e. The first-order chi connectivity index (χ1) is 8.83. The van der Waals surface area contributed by atoms with Crippen LogP contribution >= 0.6 is 0 Å². The molecule has 2 aromatic rings. The molecular formula is C12H18N6. The van der Waals surface area contributed by atoms with Crippen LogP contribution in [0.3, 0.4) is 0 Å². The molecule has 0 atom stereocenters. The third-order valence-corrected chi connectivity index (χ3v) is 3.61. The molecule has 18 heavy (non-hydrogen) atoms. The molecule has 3 rings (SSSR count). The minimum absolute atomic E-state index is 0.473. The molecule has 2 aromatic heterocycles. The van der Waals surface area contributed by atoms with Gasteiger partial charge in [-0.15, -0.1) is 0 Å². The normalized spacial score (nSPS) is 17.3. The van der Waals surface area contributed by atoms with Gasteiger partial charge in [0.2, 0.25) is 0 Å². The molecule has 1 aliphatic heterocycles. The first-order valence-corrected chi connectivity index (χ1v) is 6.48. The maximum atomic E-state index is 5.78. The van der Waals surface area contributed by atoms with Gasteiger partial charge < -0.3 is 16.0 Å². The summed E-state index contributed by atoms with van der Waals surface area (Å²) in [6.07, 6.45) is 6.12. The van der Waals surface area contributed by atoms with Crippen molar-refractivity contribution in [3.63, 3.8) is 0 Å². The van der Waals surface area contributed by atoms with E-state index in [2.05, 4.69) is 25.3 Å². The van der Waals surface area contributed by atoms with Crippen LogP contribution in [0.15, 0.2) is 6.33 Å². The zero-order valence-electron chi connectivity index (χ0n) is 10.3. The molecule has 0 bridgehead atoms. The van der Waals surface area contributed by atoms with Gasteiger partial charge in [-0.25, -0.2) is 15.0 Å². The van der Waals surface area contributed by atoms with E-state index in [1.807, 2.05) is 0 Å². The number of H-pyrrole nitrogens is 1. The zero-order valence-corrected chi connectivity index (χ0v) is 10.3. The highest BCUT2D eigenvalue weighted by molar-refractivity contribution is 5.80. The van der Waals surface area contributed by atoms with E-state index in [0.29, 0.717) is 11.5 Å². The second kappa shape index (κ2) is 4.89. The van der Waals surface area contributed by atoms with Gasteiger partial charge in [0.05, 0.1) is 0 Å². The van der Waals surface area contributed by atoms with E-state index < -0.39 is 0 Å². The largest absolute Gasteiger partial charge is 0.382 e. The van der Waals surface area contributed by atoms with Gasteiger partial charge in [-0.3, -0.25) is 0 Å². The summed E-state index contributed by atoms with van der Waals surface area (Å²) >= 11 is 0. The Labute approximate surface area is 105 Å². The second-order valence-electron chi connectivity index (χ2n) is 4.87. The zero-order chi connectivity index (χ0) is 12.4. The van der Waals surface area contributed by atoms with Crippen LogP contribution in [0.5, 0.6) is 0 Å². The van der Waals surface area contributed by atoms with Crippen LogP contribution in [0.2, 0.25) is 0 Å². The molecule has 6 nitrogen and oxygen atoms in total. The van der Waals surface area contributed by atoms with Crippen LogP contribution in [0.4, 0.5) is 5.82 Å². The SMILES string of the molecule is Nc1ncnc2nc(CCC3CCNCC3)[nH]c12. The summed E-state index contributed by atoms with van der Waals surface area (Å²) in [7, 11) is 0. The van der Waals surface area contributed by atoms with Crippen molar-refractivity contribution in [2.75, 3.05) is 18.8 Å². The van der Waals surface area contributed by atoms with Crippen molar-refractivity contribution in [3.05, 3.63) is 12.2 Å². The molecule has 0 radical (unpaired) electrons. The number of aryl methyl sites for hydroxylation is 1. The standard InChI is InChI=1S/C12H18N6/c13-11-10-12(16-7-15-11)18-9(17-10)2-1-8-3-5-14-6-4-8/h7-8,14H,1-6H2,(H3,13,15,16,17,18). The number of anilines is 1. The molecular weight excluding hydrogens is 228 g/mol. The number of fused-ring (bicyclic) bond motifs is 1. The van der Waals surface area contributed by atoms with Crippen molar-refractivity contribution in [1.82, 2.24) is 25.3 Å². The Morgan fingerprint density at radius 3 is 2.89 bits per heavy atom. The molecule has 0 unspecified atom stereocenters. The molecule has 0 aliphatic carbocycles. The van der Waals surface area contributed by atoms with Gasteiger partial charge in [-0.05, 0) is 38.3 Å². The summed E-state index contributed by atoms with van der Waals surface area (Å²) in [4.78, 5) is 15.8. The van der Waals surface area contributed by atoms with Crippen molar-refractivity contribution in [2.24, 2.45) is 5.92 Å². The van der Waals surface area contributed by atoms with Crippen LogP contribution in [0.1, 0.15) is 25.1 Å². The van der Waals surface area contributed by atoms with Gasteiger partial charge in [0.25, 0.3) is 0 Å². The van der Waals surface area contributed by atoms with E-state index in [0.717, 1.165) is 36.8 Å². The molecule has 0 spiro atoms. The Kier molecular flexibility index (Phi) is 3.10. The van der Waals surface area contributed by atoms with Gasteiger partial charge in [0, 0.05) is 6.42 Å². The highest BCUT2D eigenvalue weighted by Gasteiger charge is 2.14. The van der Waals surface area contributed by atoms with E-state index in [1.54, 1.807) is 0 Å². The van der Waals surface area contributed by atoms with Gasteiger partial charge in [0.1, 0.15) is 17.7 Å². The lowest BCUT2D eigenvalue weighted by molar-refractivity contribution is 0.352. The Morgan fingerprint density at radius 1 is 1.28 bits per heavy atom. The summed E-state index contributed by atoms with van der Waals surface area (Å²) in [5.74, 6) is 2.25. The van der Waals surface area contributed by atoms with Crippen molar-refractivity contribution >= 4 is 17.0 Å². The molecule has 4 N–H and O–H groups in total. The molecule has 3 heterocycles. The van der Waals surface area contributed by atoms with Gasteiger partial charge >= 0.3 is 0 Å². The van der Waals surface area contributed by atoms with E-state index in [9.17, 15) is 0 Å². The molecule has 6 heteroatoms. The molecule has 0 amide bonds. The van der Waals surface area contributed by atoms with E-state index in [-0.39, 0.29) is 0 Å². The molecule has 1 fully saturated rings. The highest BCUT2D eigenvalue weighted by Crippen LogP contribution is 2.19. The maximum Gasteiger partial charge on any atom is 0.183 e. The van der Waals surface area contributed by atoms with Gasteiger partial charge in [-0.2, -0.15) is 0 Å². The van der Waals surface area contributed by atoms with Crippen LogP contribution in [0.25, 0.3) is 11.2 Å². The fourth-order valence-electron chi connectivity index (χ4n) is 2.52. The van der Waals surface area contributed by atoms with Crippen LogP contribution < -0.4 is 11.1 Å². The lowest BCUT2D eigenvalue weighted by atomic mass is 9.93. The van der Waals surface area contributed by atoms with Gasteiger partial charge in [0.15, 0.2) is 11.5 Å². The lowest BCUT2D eigenvalue weighted by Gasteiger charge is -2.21. The summed E-state index contributed by atoms with van der Waals surface area (Å²) in [6, 6.07) is 0. The van der Waals surface area contributed by atoms with Crippen LogP contribution in [-0.2, 0) is 6.42 Å². The third kappa shape index (κ3) is 2.28. The predicted octanol–water partition coefficient (Wildman–Crippen LogP) is 0.867. The average molecular weight is 246 g/mol. The Morgan fingerprint density at radius 2 is 2.11 bits per heavy atom. The number of nitrogens with zero attached hydrogens (tertiary/aromatic N) is 3. The Bertz CT molecular complexity index is 528. The molecule has 0 aromatic carbocycles. The molecule has 0 saturated carbocycles. The molecule has 96 valence electrons. The highest BCUT2D eigenvalue weighted by atomic mass is 15.0. The van der Waals surface area contributed by atoms with Crippen molar-refractivity contribution in [2.45, 2.75) is 25.7 Å². The minimum Gasteiger partial charge on any atom is -0.382 e. The minimum atomic E-state index is 0.473. The number of hydrogen-bond acceptors (Lipinski definition) is 5. The first-order valence-electron chi connectivity index (χ1n) is 6.48. The van der Waals surface area contributed by atoms with Crippen LogP contribution in [-0.4, -0.2) is 33.0 Å². The maximum absolute atomic E-state index is 5.78. The third-order valence-electron chi connectivity index (χ3n) is 3.61. The number of nitrogens with one attached hydrogen (secondary N) is 2. The lowest BCUT2D eigenvalue weighted by Crippen LogP contribution is -2.27. The number of imidazole rings is 1. The number of piperidine rings is 1. The topological polar surface area (TPSA) is 92.5 Å². The van der Waals surface area contributed by atoms with Crippen molar-refractivity contribution in [3.8, 4) is 0 Å². The van der Waals surface area contributed by atoms with Crippen molar-refractivity contribution in [1.29, 1.82) is 0 Å². The number of nitrogen functional groups attached to an aromatic ring is 1. The molecule has 1 aliphatic rings. The van der Waals surface area contributed by atoms with Crippen molar-refractivity contribution < 1.29 is 0 Å². The Hall–Kier alpha value is -1.69. The first kappa shape index (κ1) is 11.4. The quantitative estimate of drug-likeness (QED) is 0.747. The summed E-state index contributed by atoms with van der Waals surface area (Å²) in [5, 5.41) is 3.38. The fourth-order valence-corrected chi connectivity index (χ4v) is 2.52. The van der Waals surface area contributed by atoms with E-state index in [1.165, 1.54) is 25.6 Å².